The van der Waals surface area contributed by atoms with Gasteiger partial charge in [-0.25, -0.2) is 0 Å². The van der Waals surface area contributed by atoms with Crippen molar-refractivity contribution in [2.75, 3.05) is 0 Å². The molecule has 1 rings (SSSR count). The number of benzene rings is 1. The van der Waals surface area contributed by atoms with Crippen molar-refractivity contribution in [1.29, 1.82) is 0 Å². The molecule has 0 aliphatic heterocycles. The quantitative estimate of drug-likeness (QED) is 0.740. The predicted octanol–water partition coefficient (Wildman–Crippen LogP) is 4.47. The van der Waals surface area contributed by atoms with Crippen LogP contribution in [0.3, 0.4) is 0 Å². The lowest BCUT2D eigenvalue weighted by Gasteiger charge is -2.13. The fraction of sp³-hybridized carbons (Fsp3) is 0.462. The Hall–Kier alpha value is -0.630. The van der Waals surface area contributed by atoms with Gasteiger partial charge in [-0.15, -0.1) is 0 Å². The fourth-order valence-corrected chi connectivity index (χ4v) is 2.87. The molecule has 0 saturated heterocycles. The summed E-state index contributed by atoms with van der Waals surface area (Å²) in [5.41, 5.74) is 3.30. The number of carbonyl (C=O) groups is 1. The first-order chi connectivity index (χ1) is 6.97. The Morgan fingerprint density at radius 3 is 2.40 bits per heavy atom. The number of carbonyl (C=O) groups excluding carboxylic acids is 1. The molecule has 0 aliphatic rings. The van der Waals surface area contributed by atoms with Gasteiger partial charge in [-0.1, -0.05) is 36.7 Å². The smallest absolute Gasteiger partial charge is 0.162 e. The lowest BCUT2D eigenvalue weighted by Crippen LogP contribution is -2.01. The highest BCUT2D eigenvalue weighted by molar-refractivity contribution is 9.10. The molecule has 0 aromatic heterocycles. The topological polar surface area (TPSA) is 17.1 Å². The molecule has 15 heavy (non-hydrogen) atoms. The number of halogens is 1. The van der Waals surface area contributed by atoms with Gasteiger partial charge in [0.2, 0.25) is 0 Å². The third kappa shape index (κ3) is 2.69. The molecule has 0 radical (unpaired) electrons. The van der Waals surface area contributed by atoms with E-state index in [0.717, 1.165) is 10.0 Å². The van der Waals surface area contributed by atoms with Gasteiger partial charge in [0.25, 0.3) is 0 Å². The van der Waals surface area contributed by atoms with Crippen LogP contribution in [-0.4, -0.2) is 5.78 Å². The summed E-state index contributed by atoms with van der Waals surface area (Å²) in [4.78, 5) is 11.6. The van der Waals surface area contributed by atoms with Crippen LogP contribution < -0.4 is 0 Å². The van der Waals surface area contributed by atoms with Crippen LogP contribution in [0.4, 0.5) is 0 Å². The highest BCUT2D eigenvalue weighted by Crippen LogP contribution is 2.29. The van der Waals surface area contributed by atoms with Crippen molar-refractivity contribution in [3.05, 3.63) is 33.3 Å². The van der Waals surface area contributed by atoms with E-state index in [1.807, 2.05) is 19.1 Å². The molecule has 1 aromatic rings. The molecule has 0 fully saturated rings. The lowest BCUT2D eigenvalue weighted by atomic mass is 9.95. The van der Waals surface area contributed by atoms with Gasteiger partial charge in [0, 0.05) is 16.5 Å². The Kier molecular flexibility index (Phi) is 4.09. The number of rotatable bonds is 3. The van der Waals surface area contributed by atoms with Crippen molar-refractivity contribution in [3.63, 3.8) is 0 Å². The molecule has 0 heterocycles. The second-order valence-electron chi connectivity index (χ2n) is 4.12. The largest absolute Gasteiger partial charge is 0.294 e. The normalized spacial score (nSPS) is 10.8. The zero-order valence-electron chi connectivity index (χ0n) is 9.73. The first-order valence-electron chi connectivity index (χ1n) is 5.30. The summed E-state index contributed by atoms with van der Waals surface area (Å²) < 4.78 is 1.05. The van der Waals surface area contributed by atoms with E-state index in [1.54, 1.807) is 0 Å². The molecule has 0 N–H and O–H groups in total. The van der Waals surface area contributed by atoms with E-state index >= 15 is 0 Å². The summed E-state index contributed by atoms with van der Waals surface area (Å²) >= 11 is 3.54. The van der Waals surface area contributed by atoms with E-state index in [2.05, 4.69) is 36.7 Å². The third-order valence-electron chi connectivity index (χ3n) is 2.56. The van der Waals surface area contributed by atoms with Gasteiger partial charge in [0.15, 0.2) is 5.78 Å². The van der Waals surface area contributed by atoms with Crippen molar-refractivity contribution in [1.82, 2.24) is 0 Å². The van der Waals surface area contributed by atoms with Crippen LogP contribution in [-0.2, 0) is 0 Å². The maximum absolute atomic E-state index is 11.6. The molecule has 0 unspecified atom stereocenters. The standard InChI is InChI=1S/C13H17BrO/c1-5-12(15)10-6-9(4)13(8(2)3)11(14)7-10/h6-8H,5H2,1-4H3. The van der Waals surface area contributed by atoms with Gasteiger partial charge in [-0.05, 0) is 36.1 Å². The van der Waals surface area contributed by atoms with E-state index in [1.165, 1.54) is 11.1 Å². The molecule has 2 heteroatoms. The molecule has 0 aliphatic carbocycles. The van der Waals surface area contributed by atoms with E-state index in [4.69, 9.17) is 0 Å². The van der Waals surface area contributed by atoms with Gasteiger partial charge in [-0.2, -0.15) is 0 Å². The zero-order valence-corrected chi connectivity index (χ0v) is 11.3. The van der Waals surface area contributed by atoms with E-state index in [0.29, 0.717) is 12.3 Å². The summed E-state index contributed by atoms with van der Waals surface area (Å²) in [5.74, 6) is 0.680. The van der Waals surface area contributed by atoms with Crippen LogP contribution in [0.5, 0.6) is 0 Å². The Bertz CT molecular complexity index is 357. The van der Waals surface area contributed by atoms with Crippen molar-refractivity contribution in [2.24, 2.45) is 0 Å². The van der Waals surface area contributed by atoms with Crippen LogP contribution in [0.2, 0.25) is 0 Å². The average Bonchev–Trinajstić information content (AvgIpc) is 2.14. The monoisotopic (exact) mass is 268 g/mol. The zero-order chi connectivity index (χ0) is 11.6. The van der Waals surface area contributed by atoms with Gasteiger partial charge >= 0.3 is 0 Å². The Balaban J connectivity index is 3.25. The Morgan fingerprint density at radius 2 is 2.00 bits per heavy atom. The molecule has 0 amide bonds. The van der Waals surface area contributed by atoms with Crippen LogP contribution in [0, 0.1) is 6.92 Å². The molecule has 82 valence electrons. The van der Waals surface area contributed by atoms with Crippen LogP contribution in [0.15, 0.2) is 16.6 Å². The summed E-state index contributed by atoms with van der Waals surface area (Å²) in [7, 11) is 0. The Labute approximate surface area is 100 Å². The van der Waals surface area contributed by atoms with Crippen molar-refractivity contribution in [3.8, 4) is 0 Å². The van der Waals surface area contributed by atoms with E-state index in [9.17, 15) is 4.79 Å². The second-order valence-corrected chi connectivity index (χ2v) is 4.97. The third-order valence-corrected chi connectivity index (χ3v) is 3.21. The number of aryl methyl sites for hydroxylation is 1. The molecular formula is C13H17BrO. The maximum Gasteiger partial charge on any atom is 0.162 e. The molecule has 0 atom stereocenters. The first kappa shape index (κ1) is 12.4. The number of ketones is 1. The molecule has 0 saturated carbocycles. The molecule has 0 bridgehead atoms. The van der Waals surface area contributed by atoms with Crippen LogP contribution in [0.25, 0.3) is 0 Å². The average molecular weight is 269 g/mol. The van der Waals surface area contributed by atoms with Crippen LogP contribution >= 0.6 is 15.9 Å². The van der Waals surface area contributed by atoms with Gasteiger partial charge in [0.05, 0.1) is 0 Å². The van der Waals surface area contributed by atoms with Crippen molar-refractivity contribution in [2.45, 2.75) is 40.0 Å². The molecule has 0 spiro atoms. The van der Waals surface area contributed by atoms with Crippen molar-refractivity contribution >= 4 is 21.7 Å². The number of hydrogen-bond acceptors (Lipinski definition) is 1. The van der Waals surface area contributed by atoms with Gasteiger partial charge in [0.1, 0.15) is 0 Å². The first-order valence-corrected chi connectivity index (χ1v) is 6.09. The lowest BCUT2D eigenvalue weighted by molar-refractivity contribution is 0.0988. The minimum Gasteiger partial charge on any atom is -0.294 e. The van der Waals surface area contributed by atoms with Crippen molar-refractivity contribution < 1.29 is 4.79 Å². The van der Waals surface area contributed by atoms with Gasteiger partial charge < -0.3 is 0 Å². The molecule has 1 nitrogen and oxygen atoms in total. The summed E-state index contributed by atoms with van der Waals surface area (Å²) in [6.45, 7) is 8.28. The molecule has 1 aromatic carbocycles. The Morgan fingerprint density at radius 1 is 1.40 bits per heavy atom. The number of Topliss-reactive ketones (excluding diaryl/α,β-unsaturated/α-hetero) is 1. The minimum absolute atomic E-state index is 0.203. The van der Waals surface area contributed by atoms with E-state index < -0.39 is 0 Å². The van der Waals surface area contributed by atoms with E-state index in [-0.39, 0.29) is 5.78 Å². The highest BCUT2D eigenvalue weighted by Gasteiger charge is 2.12. The predicted molar refractivity (Wildman–Crippen MR) is 67.6 cm³/mol. The number of hydrogen-bond donors (Lipinski definition) is 0. The minimum atomic E-state index is 0.203. The highest BCUT2D eigenvalue weighted by atomic mass is 79.9. The summed E-state index contributed by atoms with van der Waals surface area (Å²) in [6.07, 6.45) is 0.562. The molecular weight excluding hydrogens is 252 g/mol. The summed E-state index contributed by atoms with van der Waals surface area (Å²) in [6, 6.07) is 3.93. The second kappa shape index (κ2) is 4.93. The van der Waals surface area contributed by atoms with Crippen LogP contribution in [0.1, 0.15) is 54.6 Å². The SMILES string of the molecule is CCC(=O)c1cc(C)c(C(C)C)c(Br)c1. The maximum atomic E-state index is 11.6. The summed E-state index contributed by atoms with van der Waals surface area (Å²) in [5, 5.41) is 0. The van der Waals surface area contributed by atoms with Gasteiger partial charge in [-0.3, -0.25) is 4.79 Å². The fourth-order valence-electron chi connectivity index (χ4n) is 1.85.